The highest BCUT2D eigenvalue weighted by Gasteiger charge is 2.22. The fraction of sp³-hybridized carbons (Fsp3) is 0.545. The molecule has 2 N–H and O–H groups in total. The van der Waals surface area contributed by atoms with Gasteiger partial charge in [-0.25, -0.2) is 13.1 Å². The molecule has 10 heteroatoms. The van der Waals surface area contributed by atoms with Crippen LogP contribution in [0.1, 0.15) is 18.8 Å². The Morgan fingerprint density at radius 1 is 1.43 bits per heavy atom. The Hall–Kier alpha value is -1.78. The summed E-state index contributed by atoms with van der Waals surface area (Å²) in [4.78, 5) is 0.132. The van der Waals surface area contributed by atoms with Crippen LogP contribution in [-0.2, 0) is 23.6 Å². The Bertz CT molecular complexity index is 691. The highest BCUT2D eigenvalue weighted by atomic mass is 32.2. The lowest BCUT2D eigenvalue weighted by Crippen LogP contribution is -2.28. The smallest absolute Gasteiger partial charge is 0.244 e. The van der Waals surface area contributed by atoms with Gasteiger partial charge in [-0.15, -0.1) is 10.2 Å². The van der Waals surface area contributed by atoms with Crippen molar-refractivity contribution in [1.82, 2.24) is 34.6 Å². The van der Waals surface area contributed by atoms with Crippen LogP contribution >= 0.6 is 0 Å². The van der Waals surface area contributed by atoms with Crippen molar-refractivity contribution in [3.8, 4) is 0 Å². The fourth-order valence-electron chi connectivity index (χ4n) is 1.87. The van der Waals surface area contributed by atoms with E-state index in [4.69, 9.17) is 0 Å². The van der Waals surface area contributed by atoms with E-state index in [1.807, 2.05) is 7.05 Å². The van der Waals surface area contributed by atoms with E-state index in [0.29, 0.717) is 18.9 Å². The van der Waals surface area contributed by atoms with Gasteiger partial charge in [0.05, 0.1) is 18.8 Å². The lowest BCUT2D eigenvalue weighted by atomic mass is 10.3. The summed E-state index contributed by atoms with van der Waals surface area (Å²) in [6, 6.07) is -0.483. The Morgan fingerprint density at radius 2 is 2.19 bits per heavy atom. The predicted octanol–water partition coefficient (Wildman–Crippen LogP) is -0.729. The van der Waals surface area contributed by atoms with Crippen LogP contribution in [0, 0.1) is 0 Å². The monoisotopic (exact) mass is 313 g/mol. The minimum Gasteiger partial charge on any atom is -0.319 e. The molecule has 116 valence electrons. The van der Waals surface area contributed by atoms with Crippen molar-refractivity contribution in [2.75, 3.05) is 13.6 Å². The molecule has 0 aliphatic carbocycles. The molecule has 21 heavy (non-hydrogen) atoms. The average molecular weight is 313 g/mol. The third-order valence-corrected chi connectivity index (χ3v) is 4.47. The quantitative estimate of drug-likeness (QED) is 0.698. The van der Waals surface area contributed by atoms with Crippen LogP contribution in [0.3, 0.4) is 0 Å². The summed E-state index contributed by atoms with van der Waals surface area (Å²) < 4.78 is 30.4. The minimum absolute atomic E-state index is 0.132. The van der Waals surface area contributed by atoms with Crippen LogP contribution < -0.4 is 10.0 Å². The van der Waals surface area contributed by atoms with Gasteiger partial charge in [-0.1, -0.05) is 0 Å². The van der Waals surface area contributed by atoms with Crippen LogP contribution in [0.25, 0.3) is 0 Å². The molecule has 0 aliphatic rings. The Morgan fingerprint density at radius 3 is 2.81 bits per heavy atom. The molecule has 1 atom stereocenters. The van der Waals surface area contributed by atoms with Crippen LogP contribution in [-0.4, -0.2) is 46.6 Å². The molecule has 2 heterocycles. The van der Waals surface area contributed by atoms with Crippen molar-refractivity contribution in [2.24, 2.45) is 7.05 Å². The second kappa shape index (κ2) is 6.33. The zero-order valence-corrected chi connectivity index (χ0v) is 13.0. The average Bonchev–Trinajstić information content (AvgIpc) is 3.04. The lowest BCUT2D eigenvalue weighted by molar-refractivity contribution is 0.552. The van der Waals surface area contributed by atoms with Crippen LogP contribution in [0.5, 0.6) is 0 Å². The van der Waals surface area contributed by atoms with E-state index < -0.39 is 16.1 Å². The number of hydrogen-bond acceptors (Lipinski definition) is 6. The minimum atomic E-state index is -3.64. The topological polar surface area (TPSA) is 107 Å². The molecular weight excluding hydrogens is 294 g/mol. The molecule has 0 amide bonds. The predicted molar refractivity (Wildman–Crippen MR) is 75.9 cm³/mol. The molecule has 0 saturated carbocycles. The van der Waals surface area contributed by atoms with Gasteiger partial charge < -0.3 is 9.88 Å². The maximum Gasteiger partial charge on any atom is 0.244 e. The van der Waals surface area contributed by atoms with Gasteiger partial charge >= 0.3 is 0 Å². The molecule has 0 aliphatic heterocycles. The molecule has 0 saturated heterocycles. The van der Waals surface area contributed by atoms with Crippen LogP contribution in [0.4, 0.5) is 0 Å². The molecule has 1 unspecified atom stereocenters. The number of sulfonamides is 1. The van der Waals surface area contributed by atoms with Gasteiger partial charge in [0.1, 0.15) is 17.0 Å². The molecule has 0 aromatic carbocycles. The van der Waals surface area contributed by atoms with E-state index in [1.54, 1.807) is 23.2 Å². The van der Waals surface area contributed by atoms with Crippen molar-refractivity contribution in [2.45, 2.75) is 24.4 Å². The van der Waals surface area contributed by atoms with Gasteiger partial charge in [0.2, 0.25) is 10.0 Å². The zero-order valence-electron chi connectivity index (χ0n) is 12.2. The highest BCUT2D eigenvalue weighted by Crippen LogP contribution is 2.14. The second-order valence-corrected chi connectivity index (χ2v) is 6.40. The van der Waals surface area contributed by atoms with E-state index in [0.717, 1.165) is 0 Å². The Labute approximate surface area is 123 Å². The number of likely N-dealkylation sites (N-methyl/N-ethyl adjacent to an activating group) is 1. The first-order valence-electron chi connectivity index (χ1n) is 6.47. The summed E-state index contributed by atoms with van der Waals surface area (Å²) >= 11 is 0. The number of aryl methyl sites for hydroxylation is 1. The van der Waals surface area contributed by atoms with Crippen LogP contribution in [0.15, 0.2) is 23.6 Å². The van der Waals surface area contributed by atoms with Crippen molar-refractivity contribution in [3.05, 3.63) is 24.5 Å². The number of nitrogens with one attached hydrogen (secondary N) is 2. The molecule has 0 radical (unpaired) electrons. The van der Waals surface area contributed by atoms with E-state index in [9.17, 15) is 8.42 Å². The molecular formula is C11H19N7O2S. The van der Waals surface area contributed by atoms with E-state index in [2.05, 4.69) is 25.3 Å². The summed E-state index contributed by atoms with van der Waals surface area (Å²) in [5.74, 6) is 0.543. The maximum atomic E-state index is 12.3. The number of nitrogens with zero attached hydrogens (tertiary/aromatic N) is 5. The molecule has 9 nitrogen and oxygen atoms in total. The van der Waals surface area contributed by atoms with Gasteiger partial charge in [-0.2, -0.15) is 5.10 Å². The van der Waals surface area contributed by atoms with Crippen molar-refractivity contribution in [3.63, 3.8) is 0 Å². The van der Waals surface area contributed by atoms with Crippen molar-refractivity contribution < 1.29 is 8.42 Å². The molecule has 0 bridgehead atoms. The first-order valence-corrected chi connectivity index (χ1v) is 7.95. The second-order valence-electron chi connectivity index (χ2n) is 4.69. The molecule has 0 spiro atoms. The fourth-order valence-corrected chi connectivity index (χ4v) is 3.02. The maximum absolute atomic E-state index is 12.3. The standard InChI is InChI=1S/C11H19N7O2S/c1-9(11-15-13-8-17(11)3)16-21(19,20)10-6-14-18(7-10)5-4-12-2/h6-9,12,16H,4-5H2,1-3H3. The number of hydrogen-bond donors (Lipinski definition) is 2. The summed E-state index contributed by atoms with van der Waals surface area (Å²) in [5.41, 5.74) is 0. The molecule has 2 rings (SSSR count). The van der Waals surface area contributed by atoms with Gasteiger partial charge in [-0.3, -0.25) is 4.68 Å². The summed E-state index contributed by atoms with van der Waals surface area (Å²) in [6.07, 6.45) is 4.36. The SMILES string of the molecule is CNCCn1cc(S(=O)(=O)NC(C)c2nncn2C)cn1. The summed E-state index contributed by atoms with van der Waals surface area (Å²) in [6.45, 7) is 3.03. The van der Waals surface area contributed by atoms with Gasteiger partial charge in [0, 0.05) is 19.8 Å². The molecule has 2 aromatic rings. The van der Waals surface area contributed by atoms with Crippen molar-refractivity contribution >= 4 is 10.0 Å². The van der Waals surface area contributed by atoms with Gasteiger partial charge in [0.25, 0.3) is 0 Å². The van der Waals surface area contributed by atoms with E-state index in [1.165, 1.54) is 18.7 Å². The van der Waals surface area contributed by atoms with Crippen molar-refractivity contribution in [1.29, 1.82) is 0 Å². The largest absolute Gasteiger partial charge is 0.319 e. The van der Waals surface area contributed by atoms with Gasteiger partial charge in [0.15, 0.2) is 0 Å². The summed E-state index contributed by atoms with van der Waals surface area (Å²) in [7, 11) is -0.0569. The zero-order chi connectivity index (χ0) is 15.5. The first-order chi connectivity index (χ1) is 9.94. The number of aromatic nitrogens is 5. The van der Waals surface area contributed by atoms with E-state index in [-0.39, 0.29) is 4.90 Å². The Balaban J connectivity index is 2.11. The lowest BCUT2D eigenvalue weighted by Gasteiger charge is -2.12. The third-order valence-electron chi connectivity index (χ3n) is 2.98. The molecule has 0 fully saturated rings. The van der Waals surface area contributed by atoms with Crippen LogP contribution in [0.2, 0.25) is 0 Å². The Kier molecular flexibility index (Phi) is 4.70. The summed E-state index contributed by atoms with van der Waals surface area (Å²) in [5, 5.41) is 14.6. The normalized spacial score (nSPS) is 13.5. The highest BCUT2D eigenvalue weighted by molar-refractivity contribution is 7.89. The number of rotatable bonds is 7. The molecule has 2 aromatic heterocycles. The van der Waals surface area contributed by atoms with E-state index >= 15 is 0 Å². The first kappa shape index (κ1) is 15.6. The van der Waals surface area contributed by atoms with Gasteiger partial charge in [-0.05, 0) is 14.0 Å². The third kappa shape index (κ3) is 3.65.